The Morgan fingerprint density at radius 1 is 0.962 bits per heavy atom. The van der Waals surface area contributed by atoms with Gasteiger partial charge in [-0.3, -0.25) is 9.59 Å². The van der Waals surface area contributed by atoms with E-state index in [9.17, 15) is 9.59 Å². The van der Waals surface area contributed by atoms with Crippen molar-refractivity contribution in [2.75, 3.05) is 36.7 Å². The van der Waals surface area contributed by atoms with Gasteiger partial charge in [0.05, 0.1) is 19.9 Å². The van der Waals surface area contributed by atoms with E-state index >= 15 is 0 Å². The molecule has 2 amide bonds. The third-order valence-corrected chi connectivity index (χ3v) is 3.54. The molecule has 0 aliphatic rings. The largest absolute Gasteiger partial charge is 0.497 e. The molecule has 0 aromatic heterocycles. The summed E-state index contributed by atoms with van der Waals surface area (Å²) in [6, 6.07) is 12.5. The Balaban J connectivity index is 1.89. The number of carbonyl (C=O) groups is 2. The number of hydrogen-bond acceptors (Lipinski definition) is 5. The van der Waals surface area contributed by atoms with Gasteiger partial charge in [0.15, 0.2) is 0 Å². The first kappa shape index (κ1) is 19.1. The zero-order valence-corrected chi connectivity index (χ0v) is 15.1. The maximum atomic E-state index is 12.2. The molecule has 0 aliphatic carbocycles. The lowest BCUT2D eigenvalue weighted by Crippen LogP contribution is -2.17. The van der Waals surface area contributed by atoms with Gasteiger partial charge in [-0.1, -0.05) is 6.07 Å². The summed E-state index contributed by atoms with van der Waals surface area (Å²) >= 11 is 0. The molecular formula is C19H23N3O4. The number of carbonyl (C=O) groups excluding carboxylic acids is 2. The molecule has 0 radical (unpaired) electrons. The SMILES string of the molecule is COc1ccc(OC)c(NC(=O)CCNc2cccc(NC(C)=O)c2)c1. The molecule has 0 bridgehead atoms. The van der Waals surface area contributed by atoms with Gasteiger partial charge in [-0.2, -0.15) is 0 Å². The molecule has 0 saturated carbocycles. The topological polar surface area (TPSA) is 88.7 Å². The van der Waals surface area contributed by atoms with Crippen molar-refractivity contribution in [1.82, 2.24) is 0 Å². The lowest BCUT2D eigenvalue weighted by molar-refractivity contribution is -0.116. The van der Waals surface area contributed by atoms with Crippen molar-refractivity contribution in [2.45, 2.75) is 13.3 Å². The first-order chi connectivity index (χ1) is 12.5. The van der Waals surface area contributed by atoms with Gasteiger partial charge in [0.1, 0.15) is 11.5 Å². The van der Waals surface area contributed by atoms with Crippen LogP contribution < -0.4 is 25.4 Å². The van der Waals surface area contributed by atoms with E-state index in [0.717, 1.165) is 5.69 Å². The van der Waals surface area contributed by atoms with E-state index in [0.29, 0.717) is 29.4 Å². The predicted molar refractivity (Wildman–Crippen MR) is 102 cm³/mol. The van der Waals surface area contributed by atoms with Gasteiger partial charge in [0.2, 0.25) is 11.8 Å². The maximum Gasteiger partial charge on any atom is 0.226 e. The highest BCUT2D eigenvalue weighted by Crippen LogP contribution is 2.28. The monoisotopic (exact) mass is 357 g/mol. The minimum absolute atomic E-state index is 0.131. The Morgan fingerprint density at radius 2 is 1.73 bits per heavy atom. The smallest absolute Gasteiger partial charge is 0.226 e. The van der Waals surface area contributed by atoms with Crippen LogP contribution in [-0.4, -0.2) is 32.6 Å². The number of hydrogen-bond donors (Lipinski definition) is 3. The highest BCUT2D eigenvalue weighted by atomic mass is 16.5. The molecule has 0 heterocycles. The van der Waals surface area contributed by atoms with Crippen molar-refractivity contribution in [1.29, 1.82) is 0 Å². The third kappa shape index (κ3) is 5.70. The molecule has 2 aromatic rings. The van der Waals surface area contributed by atoms with E-state index < -0.39 is 0 Å². The Kier molecular flexibility index (Phi) is 6.84. The highest BCUT2D eigenvalue weighted by Gasteiger charge is 2.09. The molecule has 0 unspecified atom stereocenters. The Hall–Kier alpha value is -3.22. The summed E-state index contributed by atoms with van der Waals surface area (Å²) in [5.41, 5.74) is 2.08. The fraction of sp³-hybridized carbons (Fsp3) is 0.263. The zero-order valence-electron chi connectivity index (χ0n) is 15.1. The van der Waals surface area contributed by atoms with Crippen LogP contribution in [0.15, 0.2) is 42.5 Å². The van der Waals surface area contributed by atoms with Crippen LogP contribution in [0, 0.1) is 0 Å². The van der Waals surface area contributed by atoms with Crippen LogP contribution in [0.1, 0.15) is 13.3 Å². The Labute approximate surface area is 152 Å². The van der Waals surface area contributed by atoms with Crippen LogP contribution in [0.2, 0.25) is 0 Å². The highest BCUT2D eigenvalue weighted by molar-refractivity contribution is 5.93. The number of nitrogens with one attached hydrogen (secondary N) is 3. The van der Waals surface area contributed by atoms with Crippen molar-refractivity contribution in [3.05, 3.63) is 42.5 Å². The summed E-state index contributed by atoms with van der Waals surface area (Å²) in [6.45, 7) is 1.90. The van der Waals surface area contributed by atoms with E-state index in [1.807, 2.05) is 18.2 Å². The van der Waals surface area contributed by atoms with Crippen LogP contribution in [-0.2, 0) is 9.59 Å². The normalized spacial score (nSPS) is 9.96. The second kappa shape index (κ2) is 9.31. The second-order valence-corrected chi connectivity index (χ2v) is 5.55. The molecule has 0 spiro atoms. The first-order valence-corrected chi connectivity index (χ1v) is 8.15. The molecule has 138 valence electrons. The molecule has 0 saturated heterocycles. The number of methoxy groups -OCH3 is 2. The number of rotatable bonds is 8. The zero-order chi connectivity index (χ0) is 18.9. The van der Waals surface area contributed by atoms with E-state index in [-0.39, 0.29) is 18.2 Å². The average molecular weight is 357 g/mol. The Bertz CT molecular complexity index is 777. The summed E-state index contributed by atoms with van der Waals surface area (Å²) in [5.74, 6) is 0.917. The van der Waals surface area contributed by atoms with Crippen LogP contribution in [0.25, 0.3) is 0 Å². The molecule has 2 rings (SSSR count). The average Bonchev–Trinajstić information content (AvgIpc) is 2.61. The van der Waals surface area contributed by atoms with Gasteiger partial charge >= 0.3 is 0 Å². The molecule has 26 heavy (non-hydrogen) atoms. The van der Waals surface area contributed by atoms with E-state index in [2.05, 4.69) is 16.0 Å². The molecule has 7 heteroatoms. The van der Waals surface area contributed by atoms with Crippen molar-refractivity contribution in [3.63, 3.8) is 0 Å². The minimum Gasteiger partial charge on any atom is -0.497 e. The molecule has 7 nitrogen and oxygen atoms in total. The number of benzene rings is 2. The van der Waals surface area contributed by atoms with Gasteiger partial charge in [0.25, 0.3) is 0 Å². The number of amides is 2. The van der Waals surface area contributed by atoms with Crippen molar-refractivity contribution in [3.8, 4) is 11.5 Å². The molecule has 0 fully saturated rings. The summed E-state index contributed by atoms with van der Waals surface area (Å²) in [6.07, 6.45) is 0.269. The summed E-state index contributed by atoms with van der Waals surface area (Å²) in [5, 5.41) is 8.69. The van der Waals surface area contributed by atoms with E-state index in [1.165, 1.54) is 6.92 Å². The van der Waals surface area contributed by atoms with Crippen molar-refractivity contribution >= 4 is 28.9 Å². The van der Waals surface area contributed by atoms with Crippen LogP contribution in [0.4, 0.5) is 17.1 Å². The minimum atomic E-state index is -0.151. The second-order valence-electron chi connectivity index (χ2n) is 5.55. The third-order valence-electron chi connectivity index (χ3n) is 3.54. The van der Waals surface area contributed by atoms with Gasteiger partial charge < -0.3 is 25.4 Å². The van der Waals surface area contributed by atoms with Crippen LogP contribution in [0.3, 0.4) is 0 Å². The van der Waals surface area contributed by atoms with E-state index in [1.54, 1.807) is 38.5 Å². The lowest BCUT2D eigenvalue weighted by Gasteiger charge is -2.12. The summed E-state index contributed by atoms with van der Waals surface area (Å²) in [7, 11) is 3.10. The molecule has 0 aliphatic heterocycles. The maximum absolute atomic E-state index is 12.2. The van der Waals surface area contributed by atoms with Crippen molar-refractivity contribution < 1.29 is 19.1 Å². The summed E-state index contributed by atoms with van der Waals surface area (Å²) < 4.78 is 10.4. The summed E-state index contributed by atoms with van der Waals surface area (Å²) in [4.78, 5) is 23.3. The van der Waals surface area contributed by atoms with Gasteiger partial charge in [0, 0.05) is 37.3 Å². The molecule has 0 atom stereocenters. The number of anilines is 3. The van der Waals surface area contributed by atoms with Gasteiger partial charge in [-0.25, -0.2) is 0 Å². The standard InChI is InChI=1S/C19H23N3O4/c1-13(23)21-15-6-4-5-14(11-15)20-10-9-19(24)22-17-12-16(25-2)7-8-18(17)26-3/h4-8,11-12,20H,9-10H2,1-3H3,(H,21,23)(H,22,24). The van der Waals surface area contributed by atoms with E-state index in [4.69, 9.17) is 9.47 Å². The quantitative estimate of drug-likeness (QED) is 0.676. The lowest BCUT2D eigenvalue weighted by atomic mass is 10.2. The van der Waals surface area contributed by atoms with Crippen molar-refractivity contribution in [2.24, 2.45) is 0 Å². The predicted octanol–water partition coefficient (Wildman–Crippen LogP) is 3.10. The Morgan fingerprint density at radius 3 is 2.42 bits per heavy atom. The van der Waals surface area contributed by atoms with Crippen LogP contribution >= 0.6 is 0 Å². The number of ether oxygens (including phenoxy) is 2. The first-order valence-electron chi connectivity index (χ1n) is 8.15. The van der Waals surface area contributed by atoms with Gasteiger partial charge in [-0.15, -0.1) is 0 Å². The molecular weight excluding hydrogens is 334 g/mol. The van der Waals surface area contributed by atoms with Crippen LogP contribution in [0.5, 0.6) is 11.5 Å². The molecule has 2 aromatic carbocycles. The van der Waals surface area contributed by atoms with Gasteiger partial charge in [-0.05, 0) is 30.3 Å². The fourth-order valence-electron chi connectivity index (χ4n) is 2.35. The fourth-order valence-corrected chi connectivity index (χ4v) is 2.35. The molecule has 3 N–H and O–H groups in total.